The van der Waals surface area contributed by atoms with Crippen LogP contribution in [-0.2, 0) is 0 Å². The van der Waals surface area contributed by atoms with E-state index in [0.717, 1.165) is 16.8 Å². The van der Waals surface area contributed by atoms with Gasteiger partial charge in [0.05, 0.1) is 16.9 Å². The summed E-state index contributed by atoms with van der Waals surface area (Å²) in [5.41, 5.74) is 4.37. The number of hydrogen-bond acceptors (Lipinski definition) is 5. The molecular weight excluding hydrogens is 344 g/mol. The van der Waals surface area contributed by atoms with Crippen LogP contribution in [0, 0.1) is 20.8 Å². The van der Waals surface area contributed by atoms with Gasteiger partial charge in [-0.1, -0.05) is 35.4 Å². The minimum absolute atomic E-state index is 0.146. The van der Waals surface area contributed by atoms with Gasteiger partial charge in [0.2, 0.25) is 0 Å². The van der Waals surface area contributed by atoms with Crippen LogP contribution in [-0.4, -0.2) is 20.9 Å². The summed E-state index contributed by atoms with van der Waals surface area (Å²) in [5, 5.41) is 5.37. The molecule has 3 aromatic rings. The predicted molar refractivity (Wildman–Crippen MR) is 96.8 cm³/mol. The third kappa shape index (κ3) is 3.44. The Balaban J connectivity index is 1.83. The fourth-order valence-corrected chi connectivity index (χ4v) is 3.21. The van der Waals surface area contributed by atoms with E-state index in [2.05, 4.69) is 33.3 Å². The number of benzene rings is 1. The monoisotopic (exact) mass is 358 g/mol. The van der Waals surface area contributed by atoms with E-state index >= 15 is 0 Å². The summed E-state index contributed by atoms with van der Waals surface area (Å²) in [6.07, 6.45) is 1.42. The van der Waals surface area contributed by atoms with Crippen LogP contribution in [0.5, 0.6) is 0 Å². The lowest BCUT2D eigenvalue weighted by Crippen LogP contribution is -2.15. The molecule has 0 saturated carbocycles. The highest BCUT2D eigenvalue weighted by Gasteiger charge is 2.15. The fourth-order valence-electron chi connectivity index (χ4n) is 2.33. The van der Waals surface area contributed by atoms with Crippen molar-refractivity contribution in [3.8, 4) is 11.3 Å². The first-order valence-corrected chi connectivity index (χ1v) is 8.53. The van der Waals surface area contributed by atoms with Crippen molar-refractivity contribution in [2.24, 2.45) is 0 Å². The van der Waals surface area contributed by atoms with Gasteiger partial charge in [0, 0.05) is 10.9 Å². The van der Waals surface area contributed by atoms with E-state index in [4.69, 9.17) is 11.6 Å². The number of carbonyl (C=O) groups is 1. The summed E-state index contributed by atoms with van der Waals surface area (Å²) < 4.78 is 0. The molecule has 7 heteroatoms. The molecule has 0 atom stereocenters. The average molecular weight is 359 g/mol. The van der Waals surface area contributed by atoms with E-state index in [9.17, 15) is 4.79 Å². The first kappa shape index (κ1) is 16.5. The highest BCUT2D eigenvalue weighted by atomic mass is 35.5. The highest BCUT2D eigenvalue weighted by Crippen LogP contribution is 2.28. The van der Waals surface area contributed by atoms with Crippen LogP contribution in [0.25, 0.3) is 11.3 Å². The highest BCUT2D eigenvalue weighted by molar-refractivity contribution is 7.14. The van der Waals surface area contributed by atoms with Crippen molar-refractivity contribution in [3.63, 3.8) is 0 Å². The number of thiazole rings is 1. The van der Waals surface area contributed by atoms with Gasteiger partial charge >= 0.3 is 0 Å². The molecular formula is C17H15ClN4OS. The largest absolute Gasteiger partial charge is 0.296 e. The molecule has 24 heavy (non-hydrogen) atoms. The predicted octanol–water partition coefficient (Wildman–Crippen LogP) is 4.43. The minimum Gasteiger partial charge on any atom is -0.296 e. The summed E-state index contributed by atoms with van der Waals surface area (Å²) >= 11 is 7.35. The normalized spacial score (nSPS) is 10.7. The van der Waals surface area contributed by atoms with E-state index in [0.29, 0.717) is 11.0 Å². The number of aromatic nitrogens is 3. The molecule has 0 spiro atoms. The molecule has 0 radical (unpaired) electrons. The zero-order valence-electron chi connectivity index (χ0n) is 13.4. The first-order valence-electron chi connectivity index (χ1n) is 7.27. The van der Waals surface area contributed by atoms with Crippen LogP contribution in [0.2, 0.25) is 5.02 Å². The van der Waals surface area contributed by atoms with Crippen LogP contribution in [0.1, 0.15) is 27.4 Å². The van der Waals surface area contributed by atoms with Gasteiger partial charge in [-0.3, -0.25) is 10.1 Å². The standard InChI is InChI=1S/C17H15ClN4OS/c1-9-4-5-12(10(2)6-9)14-8-24-17(21-14)22-16(23)15-13(18)7-19-11(3)20-15/h4-8H,1-3H3,(H,21,22,23). The van der Waals surface area contributed by atoms with Crippen molar-refractivity contribution in [1.29, 1.82) is 0 Å². The molecule has 3 rings (SSSR count). The summed E-state index contributed by atoms with van der Waals surface area (Å²) in [6, 6.07) is 6.19. The van der Waals surface area contributed by atoms with Gasteiger partial charge in [0.1, 0.15) is 5.82 Å². The average Bonchev–Trinajstić information content (AvgIpc) is 2.97. The Kier molecular flexibility index (Phi) is 4.59. The molecule has 1 aromatic carbocycles. The van der Waals surface area contributed by atoms with Crippen LogP contribution < -0.4 is 5.32 Å². The topological polar surface area (TPSA) is 67.8 Å². The number of halogens is 1. The molecule has 0 aliphatic carbocycles. The fraction of sp³-hybridized carbons (Fsp3) is 0.176. The Bertz CT molecular complexity index is 923. The molecule has 0 bridgehead atoms. The van der Waals surface area contributed by atoms with Crippen molar-refractivity contribution in [3.05, 3.63) is 57.4 Å². The quantitative estimate of drug-likeness (QED) is 0.752. The molecule has 0 saturated heterocycles. The van der Waals surface area contributed by atoms with E-state index < -0.39 is 5.91 Å². The van der Waals surface area contributed by atoms with Gasteiger partial charge < -0.3 is 0 Å². The maximum atomic E-state index is 12.3. The summed E-state index contributed by atoms with van der Waals surface area (Å²) in [6.45, 7) is 5.80. The second kappa shape index (κ2) is 6.67. The van der Waals surface area contributed by atoms with Crippen molar-refractivity contribution >= 4 is 34.0 Å². The van der Waals surface area contributed by atoms with Crippen LogP contribution >= 0.6 is 22.9 Å². The summed E-state index contributed by atoms with van der Waals surface area (Å²) in [4.78, 5) is 24.8. The van der Waals surface area contributed by atoms with Gasteiger partial charge in [-0.2, -0.15) is 0 Å². The maximum Gasteiger partial charge on any atom is 0.277 e. The van der Waals surface area contributed by atoms with Crippen LogP contribution in [0.15, 0.2) is 29.8 Å². The maximum absolute atomic E-state index is 12.3. The lowest BCUT2D eigenvalue weighted by Gasteiger charge is -2.04. The number of aryl methyl sites for hydroxylation is 3. The number of hydrogen-bond donors (Lipinski definition) is 1. The Morgan fingerprint density at radius 1 is 1.21 bits per heavy atom. The van der Waals surface area contributed by atoms with Gasteiger partial charge in [-0.05, 0) is 26.3 Å². The molecule has 1 amide bonds. The van der Waals surface area contributed by atoms with E-state index in [1.165, 1.54) is 23.1 Å². The molecule has 0 aliphatic heterocycles. The Morgan fingerprint density at radius 3 is 2.75 bits per heavy atom. The van der Waals surface area contributed by atoms with Gasteiger partial charge in [0.25, 0.3) is 5.91 Å². The first-order chi connectivity index (χ1) is 11.4. The van der Waals surface area contributed by atoms with Crippen molar-refractivity contribution in [1.82, 2.24) is 15.0 Å². The molecule has 5 nitrogen and oxygen atoms in total. The van der Waals surface area contributed by atoms with Gasteiger partial charge in [0.15, 0.2) is 10.8 Å². The number of rotatable bonds is 3. The molecule has 0 unspecified atom stereocenters. The molecule has 2 aromatic heterocycles. The summed E-state index contributed by atoms with van der Waals surface area (Å²) in [5.74, 6) is 0.0895. The summed E-state index contributed by atoms with van der Waals surface area (Å²) in [7, 11) is 0. The zero-order valence-corrected chi connectivity index (χ0v) is 15.0. The molecule has 1 N–H and O–H groups in total. The minimum atomic E-state index is -0.396. The zero-order chi connectivity index (χ0) is 17.3. The van der Waals surface area contributed by atoms with Crippen molar-refractivity contribution < 1.29 is 4.79 Å². The molecule has 2 heterocycles. The lowest BCUT2D eigenvalue weighted by atomic mass is 10.0. The van der Waals surface area contributed by atoms with Gasteiger partial charge in [-0.15, -0.1) is 11.3 Å². The van der Waals surface area contributed by atoms with E-state index in [-0.39, 0.29) is 10.7 Å². The smallest absolute Gasteiger partial charge is 0.277 e. The number of anilines is 1. The van der Waals surface area contributed by atoms with E-state index in [1.54, 1.807) is 6.92 Å². The van der Waals surface area contributed by atoms with Crippen LogP contribution in [0.3, 0.4) is 0 Å². The third-order valence-electron chi connectivity index (χ3n) is 3.46. The Labute approximate surface area is 148 Å². The van der Waals surface area contributed by atoms with Crippen LogP contribution in [0.4, 0.5) is 5.13 Å². The second-order valence-electron chi connectivity index (χ2n) is 5.42. The number of amides is 1. The molecule has 122 valence electrons. The number of nitrogens with one attached hydrogen (secondary N) is 1. The number of carbonyl (C=O) groups excluding carboxylic acids is 1. The Morgan fingerprint density at radius 2 is 2.00 bits per heavy atom. The van der Waals surface area contributed by atoms with E-state index in [1.807, 2.05) is 24.4 Å². The molecule has 0 fully saturated rings. The van der Waals surface area contributed by atoms with Crippen molar-refractivity contribution in [2.45, 2.75) is 20.8 Å². The molecule has 0 aliphatic rings. The third-order valence-corrected chi connectivity index (χ3v) is 4.50. The second-order valence-corrected chi connectivity index (χ2v) is 6.69. The van der Waals surface area contributed by atoms with Crippen molar-refractivity contribution in [2.75, 3.05) is 5.32 Å². The SMILES string of the molecule is Cc1ccc(-c2csc(NC(=O)c3nc(C)ncc3Cl)n2)c(C)c1. The lowest BCUT2D eigenvalue weighted by molar-refractivity contribution is 0.102. The Hall–Kier alpha value is -2.31. The number of nitrogens with zero attached hydrogens (tertiary/aromatic N) is 3. The van der Waals surface area contributed by atoms with Gasteiger partial charge in [-0.25, -0.2) is 15.0 Å².